The normalized spacial score (nSPS) is 11.9. The van der Waals surface area contributed by atoms with Gasteiger partial charge in [0.25, 0.3) is 20.0 Å². The van der Waals surface area contributed by atoms with E-state index >= 15 is 0 Å². The van der Waals surface area contributed by atoms with Gasteiger partial charge in [-0.05, 0) is 48.9 Å². The summed E-state index contributed by atoms with van der Waals surface area (Å²) in [6, 6.07) is 5.75. The Bertz CT molecular complexity index is 1320. The predicted octanol–water partition coefficient (Wildman–Crippen LogP) is 4.81. The van der Waals surface area contributed by atoms with E-state index in [1.165, 1.54) is 6.92 Å². The Labute approximate surface area is 185 Å². The van der Waals surface area contributed by atoms with Crippen LogP contribution < -0.4 is 9.44 Å². The number of sulfonamides is 2. The smallest absolute Gasteiger partial charge is 0.264 e. The van der Waals surface area contributed by atoms with Crippen LogP contribution in [-0.4, -0.2) is 16.8 Å². The summed E-state index contributed by atoms with van der Waals surface area (Å²) in [4.78, 5) is -1.81. The van der Waals surface area contributed by atoms with E-state index in [9.17, 15) is 34.4 Å². The molecule has 0 radical (unpaired) electrons. The molecule has 0 saturated carbocycles. The van der Waals surface area contributed by atoms with Crippen molar-refractivity contribution < 1.29 is 34.4 Å². The van der Waals surface area contributed by atoms with E-state index in [1.54, 1.807) is 0 Å². The Morgan fingerprint density at radius 1 is 0.688 bits per heavy atom. The standard InChI is InChI=1S/C19H13ClF4N2O4S2/c1-10-6-16(25-31(27,28)18-4-2-11(21)7-14(18)23)17(9-13(10)20)26-32(29,30)19-5-3-12(22)8-15(19)24/h2-9,25-26H,1H3. The van der Waals surface area contributed by atoms with E-state index in [-0.39, 0.29) is 10.7 Å². The fourth-order valence-electron chi connectivity index (χ4n) is 2.64. The van der Waals surface area contributed by atoms with Crippen LogP contribution in [0, 0.1) is 30.2 Å². The molecule has 13 heteroatoms. The lowest BCUT2D eigenvalue weighted by Crippen LogP contribution is -2.19. The second-order valence-corrected chi connectivity index (χ2v) is 10.2. The van der Waals surface area contributed by atoms with E-state index in [0.717, 1.165) is 24.3 Å². The molecule has 0 bridgehead atoms. The average Bonchev–Trinajstić information content (AvgIpc) is 2.64. The van der Waals surface area contributed by atoms with Crippen LogP contribution in [0.2, 0.25) is 5.02 Å². The lowest BCUT2D eigenvalue weighted by molar-refractivity contribution is 0.549. The third kappa shape index (κ3) is 4.97. The zero-order valence-electron chi connectivity index (χ0n) is 16.0. The van der Waals surface area contributed by atoms with Crippen molar-refractivity contribution in [3.05, 3.63) is 82.4 Å². The summed E-state index contributed by atoms with van der Waals surface area (Å²) >= 11 is 6.01. The van der Waals surface area contributed by atoms with Gasteiger partial charge >= 0.3 is 0 Å². The van der Waals surface area contributed by atoms with Crippen molar-refractivity contribution in [3.8, 4) is 0 Å². The van der Waals surface area contributed by atoms with Gasteiger partial charge in [0.05, 0.1) is 11.4 Å². The molecule has 0 spiro atoms. The zero-order chi connectivity index (χ0) is 23.8. The van der Waals surface area contributed by atoms with Gasteiger partial charge in [-0.15, -0.1) is 0 Å². The summed E-state index contributed by atoms with van der Waals surface area (Å²) in [5, 5.41) is 0.0261. The molecule has 0 unspecified atom stereocenters. The number of nitrogens with one attached hydrogen (secondary N) is 2. The number of aryl methyl sites for hydroxylation is 1. The highest BCUT2D eigenvalue weighted by Crippen LogP contribution is 2.33. The summed E-state index contributed by atoms with van der Waals surface area (Å²) in [5.41, 5.74) is -0.475. The van der Waals surface area contributed by atoms with Crippen LogP contribution in [0.5, 0.6) is 0 Å². The quantitative estimate of drug-likeness (QED) is 0.468. The van der Waals surface area contributed by atoms with Crippen molar-refractivity contribution in [1.29, 1.82) is 0 Å². The Hall–Kier alpha value is -2.83. The number of halogens is 5. The molecule has 0 amide bonds. The second kappa shape index (κ2) is 8.60. The summed E-state index contributed by atoms with van der Waals surface area (Å²) < 4.78 is 109. The van der Waals surface area contributed by atoms with Gasteiger partial charge in [-0.3, -0.25) is 9.44 Å². The van der Waals surface area contributed by atoms with Gasteiger partial charge in [0.15, 0.2) is 0 Å². The molecule has 0 aliphatic heterocycles. The largest absolute Gasteiger partial charge is 0.277 e. The van der Waals surface area contributed by atoms with Crippen molar-refractivity contribution in [2.45, 2.75) is 16.7 Å². The van der Waals surface area contributed by atoms with E-state index in [4.69, 9.17) is 11.6 Å². The van der Waals surface area contributed by atoms with Crippen LogP contribution in [0.25, 0.3) is 0 Å². The Kier molecular flexibility index (Phi) is 6.40. The molecule has 0 aliphatic carbocycles. The molecule has 3 rings (SSSR count). The summed E-state index contributed by atoms with van der Waals surface area (Å²) in [6.45, 7) is 1.48. The molecule has 170 valence electrons. The van der Waals surface area contributed by atoms with Gasteiger partial charge in [-0.1, -0.05) is 11.6 Å². The van der Waals surface area contributed by atoms with E-state index in [0.29, 0.717) is 29.8 Å². The first-order valence-electron chi connectivity index (χ1n) is 8.56. The molecule has 3 aromatic rings. The molecule has 6 nitrogen and oxygen atoms in total. The number of hydrogen-bond donors (Lipinski definition) is 2. The molecule has 0 aromatic heterocycles. The Morgan fingerprint density at radius 3 is 1.50 bits per heavy atom. The van der Waals surface area contributed by atoms with Gasteiger partial charge in [0, 0.05) is 17.2 Å². The van der Waals surface area contributed by atoms with Crippen molar-refractivity contribution in [2.24, 2.45) is 0 Å². The summed E-state index contributed by atoms with van der Waals surface area (Å²) in [7, 11) is -9.30. The Balaban J connectivity index is 2.06. The fourth-order valence-corrected chi connectivity index (χ4v) is 5.06. The number of hydrogen-bond acceptors (Lipinski definition) is 4. The third-order valence-electron chi connectivity index (χ3n) is 4.15. The average molecular weight is 509 g/mol. The van der Waals surface area contributed by atoms with Crippen molar-refractivity contribution in [2.75, 3.05) is 9.44 Å². The third-order valence-corrected chi connectivity index (χ3v) is 7.36. The lowest BCUT2D eigenvalue weighted by atomic mass is 10.2. The predicted molar refractivity (Wildman–Crippen MR) is 111 cm³/mol. The molecule has 32 heavy (non-hydrogen) atoms. The second-order valence-electron chi connectivity index (χ2n) is 6.51. The molecule has 0 heterocycles. The van der Waals surface area contributed by atoms with Crippen LogP contribution in [-0.2, 0) is 20.0 Å². The highest BCUT2D eigenvalue weighted by Gasteiger charge is 2.25. The maximum Gasteiger partial charge on any atom is 0.264 e. The first-order valence-corrected chi connectivity index (χ1v) is 11.9. The molecule has 3 aromatic carbocycles. The van der Waals surface area contributed by atoms with Crippen molar-refractivity contribution in [1.82, 2.24) is 0 Å². The summed E-state index contributed by atoms with van der Waals surface area (Å²) in [6.07, 6.45) is 0. The Morgan fingerprint density at radius 2 is 1.09 bits per heavy atom. The van der Waals surface area contributed by atoms with Gasteiger partial charge in [-0.2, -0.15) is 0 Å². The first kappa shape index (κ1) is 23.8. The van der Waals surface area contributed by atoms with Gasteiger partial charge in [-0.25, -0.2) is 34.4 Å². The number of anilines is 2. The molecule has 0 saturated heterocycles. The van der Waals surface area contributed by atoms with Crippen molar-refractivity contribution >= 4 is 43.0 Å². The minimum atomic E-state index is -4.66. The van der Waals surface area contributed by atoms with Gasteiger partial charge in [0.2, 0.25) is 0 Å². The molecule has 0 atom stereocenters. The van der Waals surface area contributed by atoms with Crippen LogP contribution in [0.15, 0.2) is 58.3 Å². The molecule has 0 fully saturated rings. The molecule has 2 N–H and O–H groups in total. The van der Waals surface area contributed by atoms with Crippen LogP contribution in [0.4, 0.5) is 28.9 Å². The first-order chi connectivity index (χ1) is 14.8. The van der Waals surface area contributed by atoms with Crippen LogP contribution in [0.3, 0.4) is 0 Å². The molecular weight excluding hydrogens is 496 g/mol. The monoisotopic (exact) mass is 508 g/mol. The highest BCUT2D eigenvalue weighted by molar-refractivity contribution is 7.93. The van der Waals surface area contributed by atoms with E-state index in [2.05, 4.69) is 0 Å². The van der Waals surface area contributed by atoms with E-state index in [1.807, 2.05) is 9.44 Å². The minimum Gasteiger partial charge on any atom is -0.277 e. The lowest BCUT2D eigenvalue weighted by Gasteiger charge is -2.17. The summed E-state index contributed by atoms with van der Waals surface area (Å²) in [5.74, 6) is -4.77. The van der Waals surface area contributed by atoms with Crippen LogP contribution >= 0.6 is 11.6 Å². The maximum absolute atomic E-state index is 14.0. The van der Waals surface area contributed by atoms with E-state index < -0.39 is 58.8 Å². The van der Waals surface area contributed by atoms with Gasteiger partial charge < -0.3 is 0 Å². The maximum atomic E-state index is 14.0. The van der Waals surface area contributed by atoms with Crippen LogP contribution in [0.1, 0.15) is 5.56 Å². The molecule has 0 aliphatic rings. The number of rotatable bonds is 6. The minimum absolute atomic E-state index is 0.0261. The topological polar surface area (TPSA) is 92.3 Å². The van der Waals surface area contributed by atoms with Gasteiger partial charge in [0.1, 0.15) is 33.1 Å². The zero-order valence-corrected chi connectivity index (χ0v) is 18.3. The number of benzene rings is 3. The van der Waals surface area contributed by atoms with Crippen molar-refractivity contribution in [3.63, 3.8) is 0 Å². The SMILES string of the molecule is Cc1cc(NS(=O)(=O)c2ccc(F)cc2F)c(NS(=O)(=O)c2ccc(F)cc2F)cc1Cl. The highest BCUT2D eigenvalue weighted by atomic mass is 35.5. The molecular formula is C19H13ClF4N2O4S2. The fraction of sp³-hybridized carbons (Fsp3) is 0.0526.